The van der Waals surface area contributed by atoms with Gasteiger partial charge in [-0.25, -0.2) is 15.0 Å². The molecule has 10 heteroatoms. The summed E-state index contributed by atoms with van der Waals surface area (Å²) in [6, 6.07) is 24.2. The van der Waals surface area contributed by atoms with Crippen LogP contribution < -0.4 is 9.47 Å². The van der Waals surface area contributed by atoms with Crippen molar-refractivity contribution >= 4 is 0 Å². The van der Waals surface area contributed by atoms with Crippen molar-refractivity contribution in [2.24, 2.45) is 0 Å². The molecule has 0 atom stereocenters. The highest BCUT2D eigenvalue weighted by Gasteiger charge is 2.14. The van der Waals surface area contributed by atoms with Gasteiger partial charge in [0.05, 0.1) is 6.33 Å². The number of rotatable bonds is 10. The number of tetrazole rings is 1. The smallest absolute Gasteiger partial charge is 0.219 e. The average molecular weight is 645 g/mol. The van der Waals surface area contributed by atoms with Gasteiger partial charge in [-0.1, -0.05) is 83.2 Å². The van der Waals surface area contributed by atoms with E-state index in [-0.39, 0.29) is 10.8 Å². The Balaban J connectivity index is 0.000000188. The van der Waals surface area contributed by atoms with E-state index in [1.165, 1.54) is 16.7 Å². The van der Waals surface area contributed by atoms with Crippen molar-refractivity contribution in [3.63, 3.8) is 0 Å². The first-order valence-corrected chi connectivity index (χ1v) is 16.2. The van der Waals surface area contributed by atoms with E-state index in [1.807, 2.05) is 61.1 Å². The summed E-state index contributed by atoms with van der Waals surface area (Å²) in [5.41, 5.74) is 6.27. The predicted molar refractivity (Wildman–Crippen MR) is 186 cm³/mol. The highest BCUT2D eigenvalue weighted by molar-refractivity contribution is 5.35. The number of imidazole rings is 1. The number of aryl methyl sites for hydroxylation is 4. The second kappa shape index (κ2) is 15.5. The Morgan fingerprint density at radius 3 is 1.50 bits per heavy atom. The molecule has 0 fully saturated rings. The maximum atomic E-state index is 5.82. The van der Waals surface area contributed by atoms with Crippen LogP contribution in [0.25, 0.3) is 0 Å². The Hall–Kier alpha value is -5.38. The van der Waals surface area contributed by atoms with Gasteiger partial charge in [0.1, 0.15) is 11.5 Å². The third kappa shape index (κ3) is 10.3. The number of hydrogen-bond donors (Lipinski definition) is 2. The molecule has 6 aromatic rings. The van der Waals surface area contributed by atoms with Crippen LogP contribution in [0.3, 0.4) is 0 Å². The fourth-order valence-electron chi connectivity index (χ4n) is 4.77. The van der Waals surface area contributed by atoms with E-state index in [2.05, 4.69) is 112 Å². The summed E-state index contributed by atoms with van der Waals surface area (Å²) in [6.45, 7) is 13.2. The molecular formula is C38H44N8O2. The van der Waals surface area contributed by atoms with Gasteiger partial charge in [0, 0.05) is 42.8 Å². The molecule has 0 amide bonds. The molecule has 248 valence electrons. The molecule has 48 heavy (non-hydrogen) atoms. The largest absolute Gasteiger partial charge is 0.439 e. The molecule has 0 aliphatic heterocycles. The highest BCUT2D eigenvalue weighted by atomic mass is 16.5. The molecule has 10 nitrogen and oxygen atoms in total. The summed E-state index contributed by atoms with van der Waals surface area (Å²) in [6.07, 6.45) is 10.6. The molecule has 4 aromatic heterocycles. The number of ether oxygens (including phenoxy) is 2. The van der Waals surface area contributed by atoms with Crippen LogP contribution in [0.2, 0.25) is 0 Å². The highest BCUT2D eigenvalue weighted by Crippen LogP contribution is 2.27. The van der Waals surface area contributed by atoms with Crippen LogP contribution in [0.5, 0.6) is 23.3 Å². The predicted octanol–water partition coefficient (Wildman–Crippen LogP) is 8.15. The zero-order chi connectivity index (χ0) is 34.0. The summed E-state index contributed by atoms with van der Waals surface area (Å²) in [7, 11) is 0. The van der Waals surface area contributed by atoms with Crippen LogP contribution in [0.15, 0.2) is 97.7 Å². The number of aromatic nitrogens is 8. The molecule has 0 radical (unpaired) electrons. The van der Waals surface area contributed by atoms with Crippen molar-refractivity contribution in [1.29, 1.82) is 0 Å². The monoisotopic (exact) mass is 644 g/mol. The Labute approximate surface area is 282 Å². The Kier molecular flexibility index (Phi) is 10.9. The van der Waals surface area contributed by atoms with Crippen molar-refractivity contribution < 1.29 is 9.47 Å². The molecular weight excluding hydrogens is 600 g/mol. The van der Waals surface area contributed by atoms with E-state index >= 15 is 0 Å². The zero-order valence-corrected chi connectivity index (χ0v) is 28.6. The molecule has 2 N–H and O–H groups in total. The van der Waals surface area contributed by atoms with Crippen molar-refractivity contribution in [3.05, 3.63) is 131 Å². The van der Waals surface area contributed by atoms with Gasteiger partial charge in [-0.05, 0) is 76.6 Å². The van der Waals surface area contributed by atoms with Crippen molar-refractivity contribution in [1.82, 2.24) is 40.6 Å². The van der Waals surface area contributed by atoms with E-state index in [4.69, 9.17) is 9.47 Å². The summed E-state index contributed by atoms with van der Waals surface area (Å²) in [5, 5.41) is 13.9. The van der Waals surface area contributed by atoms with Crippen LogP contribution in [0, 0.1) is 0 Å². The molecule has 0 unspecified atom stereocenters. The average Bonchev–Trinajstić information content (AvgIpc) is 3.79. The van der Waals surface area contributed by atoms with Crippen LogP contribution >= 0.6 is 0 Å². The first-order valence-electron chi connectivity index (χ1n) is 16.2. The second-order valence-electron chi connectivity index (χ2n) is 13.7. The summed E-state index contributed by atoms with van der Waals surface area (Å²) >= 11 is 0. The molecule has 4 heterocycles. The van der Waals surface area contributed by atoms with Crippen LogP contribution in [0.4, 0.5) is 0 Å². The number of H-pyrrole nitrogens is 2. The van der Waals surface area contributed by atoms with Crippen molar-refractivity contribution in [2.45, 2.75) is 78.1 Å². The van der Waals surface area contributed by atoms with Gasteiger partial charge in [-0.2, -0.15) is 5.21 Å². The van der Waals surface area contributed by atoms with Gasteiger partial charge in [0.15, 0.2) is 5.82 Å². The lowest BCUT2D eigenvalue weighted by Gasteiger charge is -2.19. The van der Waals surface area contributed by atoms with Gasteiger partial charge in [-0.15, -0.1) is 10.2 Å². The number of benzene rings is 2. The fraction of sp³-hybridized carbons (Fsp3) is 0.316. The summed E-state index contributed by atoms with van der Waals surface area (Å²) < 4.78 is 11.6. The first kappa shape index (κ1) is 34.0. The third-order valence-electron chi connectivity index (χ3n) is 7.75. The van der Waals surface area contributed by atoms with Crippen molar-refractivity contribution in [3.8, 4) is 23.3 Å². The lowest BCUT2D eigenvalue weighted by molar-refractivity contribution is 0.461. The van der Waals surface area contributed by atoms with Crippen LogP contribution in [-0.2, 0) is 36.5 Å². The topological polar surface area (TPSA) is 127 Å². The minimum atomic E-state index is 0.136. The van der Waals surface area contributed by atoms with Gasteiger partial charge in [0.25, 0.3) is 0 Å². The van der Waals surface area contributed by atoms with E-state index in [1.54, 1.807) is 6.33 Å². The van der Waals surface area contributed by atoms with E-state index in [9.17, 15) is 0 Å². The molecule has 2 aromatic carbocycles. The van der Waals surface area contributed by atoms with E-state index in [0.29, 0.717) is 17.6 Å². The fourth-order valence-corrected chi connectivity index (χ4v) is 4.77. The number of pyridine rings is 2. The van der Waals surface area contributed by atoms with E-state index in [0.717, 1.165) is 48.4 Å². The standard InChI is InChI=1S/C20H23N3O.C18H21N5O/c1-20(2,3)16-6-9-18(10-7-16)24-19-11-5-15(12-22-19)4-8-17-13-21-14-23-17;1-18(2,3)14-6-8-15(9-7-14)24-17-11-5-13(12-19-17)4-10-16-20-22-23-21-16/h5-7,9-14H,4,8H2,1-3H3,(H,21,23);5-9,11-12H,4,10H2,1-3H3,(H,20,21,22,23). The van der Waals surface area contributed by atoms with Crippen LogP contribution in [0.1, 0.15) is 75.3 Å². The van der Waals surface area contributed by atoms with Gasteiger partial charge < -0.3 is 14.5 Å². The van der Waals surface area contributed by atoms with Gasteiger partial charge >= 0.3 is 0 Å². The lowest BCUT2D eigenvalue weighted by Crippen LogP contribution is -2.10. The summed E-state index contributed by atoms with van der Waals surface area (Å²) in [5.74, 6) is 3.50. The molecule has 0 aliphatic carbocycles. The summed E-state index contributed by atoms with van der Waals surface area (Å²) in [4.78, 5) is 15.9. The number of hydrogen-bond acceptors (Lipinski definition) is 8. The van der Waals surface area contributed by atoms with Crippen molar-refractivity contribution in [2.75, 3.05) is 0 Å². The Morgan fingerprint density at radius 2 is 1.10 bits per heavy atom. The van der Waals surface area contributed by atoms with E-state index < -0.39 is 0 Å². The Morgan fingerprint density at radius 1 is 0.583 bits per heavy atom. The molecule has 6 rings (SSSR count). The lowest BCUT2D eigenvalue weighted by atomic mass is 9.87. The Bertz CT molecular complexity index is 1650. The number of aromatic amines is 2. The van der Waals surface area contributed by atoms with Gasteiger partial charge in [0.2, 0.25) is 11.8 Å². The maximum absolute atomic E-state index is 5.82. The zero-order valence-electron chi connectivity index (χ0n) is 28.6. The minimum Gasteiger partial charge on any atom is -0.439 e. The SMILES string of the molecule is CC(C)(C)c1ccc(Oc2ccc(CCc3cnc[nH]3)cn2)cc1.CC(C)(C)c1ccc(Oc2ccc(CCc3nn[nH]n3)cn2)cc1. The first-order chi connectivity index (χ1) is 23.0. The maximum Gasteiger partial charge on any atom is 0.219 e. The molecule has 0 saturated heterocycles. The molecule has 0 bridgehead atoms. The number of nitrogens with zero attached hydrogens (tertiary/aromatic N) is 6. The number of nitrogens with one attached hydrogen (secondary N) is 2. The quantitative estimate of drug-likeness (QED) is 0.153. The molecule has 0 aliphatic rings. The normalized spacial score (nSPS) is 11.5. The minimum absolute atomic E-state index is 0.136. The van der Waals surface area contributed by atoms with Crippen LogP contribution in [-0.4, -0.2) is 40.6 Å². The third-order valence-corrected chi connectivity index (χ3v) is 7.75. The second-order valence-corrected chi connectivity index (χ2v) is 13.7. The molecule has 0 spiro atoms. The van der Waals surface area contributed by atoms with Gasteiger partial charge in [-0.3, -0.25) is 0 Å². The molecule has 0 saturated carbocycles.